The summed E-state index contributed by atoms with van der Waals surface area (Å²) in [6, 6.07) is 8.07. The molecule has 2 aromatic heterocycles. The molecule has 6 heteroatoms. The van der Waals surface area contributed by atoms with Crippen molar-refractivity contribution in [2.75, 3.05) is 13.6 Å². The summed E-state index contributed by atoms with van der Waals surface area (Å²) in [6.45, 7) is 3.70. The van der Waals surface area contributed by atoms with Gasteiger partial charge in [-0.25, -0.2) is 4.98 Å². The summed E-state index contributed by atoms with van der Waals surface area (Å²) >= 11 is 7.56. The average molecular weight is 323 g/mol. The highest BCUT2D eigenvalue weighted by Gasteiger charge is 2.01. The molecule has 0 atom stereocenters. The Labute approximate surface area is 134 Å². The van der Waals surface area contributed by atoms with Crippen molar-refractivity contribution in [3.05, 3.63) is 50.9 Å². The average Bonchev–Trinajstić information content (AvgIpc) is 2.90. The molecule has 112 valence electrons. The number of nitrogens with zero attached hydrogens (tertiary/aromatic N) is 2. The van der Waals surface area contributed by atoms with E-state index in [1.54, 1.807) is 24.6 Å². The van der Waals surface area contributed by atoms with Gasteiger partial charge in [-0.05, 0) is 37.1 Å². The van der Waals surface area contributed by atoms with Crippen LogP contribution in [0, 0.1) is 6.92 Å². The zero-order valence-electron chi connectivity index (χ0n) is 12.2. The van der Waals surface area contributed by atoms with Gasteiger partial charge < -0.3 is 10.6 Å². The van der Waals surface area contributed by atoms with E-state index in [4.69, 9.17) is 11.6 Å². The van der Waals surface area contributed by atoms with Gasteiger partial charge in [0.1, 0.15) is 5.15 Å². The third-order valence-corrected chi connectivity index (χ3v) is 4.17. The Morgan fingerprint density at radius 3 is 2.76 bits per heavy atom. The molecule has 4 nitrogen and oxygen atoms in total. The highest BCUT2D eigenvalue weighted by atomic mass is 35.5. The number of thiophene rings is 1. The summed E-state index contributed by atoms with van der Waals surface area (Å²) in [5.41, 5.74) is 1.15. The van der Waals surface area contributed by atoms with Crippen LogP contribution >= 0.6 is 22.9 Å². The molecule has 2 heterocycles. The number of aryl methyl sites for hydroxylation is 1. The minimum absolute atomic E-state index is 0.524. The second-order valence-corrected chi connectivity index (χ2v) is 6.36. The normalized spacial score (nSPS) is 11.5. The van der Waals surface area contributed by atoms with Gasteiger partial charge in [0.2, 0.25) is 0 Å². The number of nitrogens with one attached hydrogen (secondary N) is 2. The first-order valence-electron chi connectivity index (χ1n) is 6.77. The SMILES string of the molecule is CN=C(NCCc1ccc(Cl)nc1)NCc1ccc(C)s1. The third kappa shape index (κ3) is 5.36. The van der Waals surface area contributed by atoms with Crippen molar-refractivity contribution in [2.24, 2.45) is 4.99 Å². The molecule has 0 spiro atoms. The van der Waals surface area contributed by atoms with Gasteiger partial charge in [0.05, 0.1) is 6.54 Å². The Morgan fingerprint density at radius 1 is 1.29 bits per heavy atom. The van der Waals surface area contributed by atoms with E-state index >= 15 is 0 Å². The largest absolute Gasteiger partial charge is 0.356 e. The quantitative estimate of drug-likeness (QED) is 0.505. The standard InChI is InChI=1S/C15H19ClN4S/c1-11-3-5-13(21-11)10-20-15(17-2)18-8-7-12-4-6-14(16)19-9-12/h3-6,9H,7-8,10H2,1-2H3,(H2,17,18,20). The van der Waals surface area contributed by atoms with Crippen molar-refractivity contribution in [1.29, 1.82) is 0 Å². The van der Waals surface area contributed by atoms with E-state index in [-0.39, 0.29) is 0 Å². The minimum atomic E-state index is 0.524. The van der Waals surface area contributed by atoms with Gasteiger partial charge in [0, 0.05) is 29.5 Å². The van der Waals surface area contributed by atoms with Crippen molar-refractivity contribution in [2.45, 2.75) is 19.9 Å². The van der Waals surface area contributed by atoms with E-state index in [1.807, 2.05) is 12.1 Å². The van der Waals surface area contributed by atoms with Crippen LogP contribution in [0.1, 0.15) is 15.3 Å². The molecule has 0 aliphatic heterocycles. The molecule has 2 rings (SSSR count). The number of aromatic nitrogens is 1. The molecule has 0 radical (unpaired) electrons. The third-order valence-electron chi connectivity index (χ3n) is 2.94. The molecule has 0 saturated heterocycles. The predicted octanol–water partition coefficient (Wildman–Crippen LogP) is 3.01. The van der Waals surface area contributed by atoms with E-state index in [1.165, 1.54) is 9.75 Å². The maximum absolute atomic E-state index is 5.76. The van der Waals surface area contributed by atoms with Gasteiger partial charge in [0.15, 0.2) is 5.96 Å². The summed E-state index contributed by atoms with van der Waals surface area (Å²) in [5, 5.41) is 7.12. The van der Waals surface area contributed by atoms with Crippen molar-refractivity contribution < 1.29 is 0 Å². The summed E-state index contributed by atoms with van der Waals surface area (Å²) in [7, 11) is 1.78. The Balaban J connectivity index is 1.74. The molecule has 0 aromatic carbocycles. The summed E-state index contributed by atoms with van der Waals surface area (Å²) in [5.74, 6) is 0.808. The van der Waals surface area contributed by atoms with E-state index in [2.05, 4.69) is 39.7 Å². The van der Waals surface area contributed by atoms with E-state index in [0.717, 1.165) is 31.0 Å². The van der Waals surface area contributed by atoms with Crippen LogP contribution < -0.4 is 10.6 Å². The number of halogens is 1. The molecular weight excluding hydrogens is 304 g/mol. The number of guanidine groups is 1. The maximum atomic E-state index is 5.76. The Kier molecular flexibility index (Phi) is 6.02. The number of rotatable bonds is 5. The van der Waals surface area contributed by atoms with Crippen LogP contribution in [-0.2, 0) is 13.0 Å². The van der Waals surface area contributed by atoms with Gasteiger partial charge in [-0.1, -0.05) is 17.7 Å². The Hall–Kier alpha value is -1.59. The number of hydrogen-bond acceptors (Lipinski definition) is 3. The summed E-state index contributed by atoms with van der Waals surface area (Å²) in [4.78, 5) is 10.9. The van der Waals surface area contributed by atoms with Gasteiger partial charge in [-0.2, -0.15) is 0 Å². The highest BCUT2D eigenvalue weighted by molar-refractivity contribution is 7.11. The number of hydrogen-bond donors (Lipinski definition) is 2. The lowest BCUT2D eigenvalue weighted by atomic mass is 10.2. The lowest BCUT2D eigenvalue weighted by molar-refractivity contribution is 0.797. The fourth-order valence-electron chi connectivity index (χ4n) is 1.85. The maximum Gasteiger partial charge on any atom is 0.191 e. The Bertz CT molecular complexity index is 592. The number of aliphatic imine (C=N–C) groups is 1. The predicted molar refractivity (Wildman–Crippen MR) is 90.2 cm³/mol. The second kappa shape index (κ2) is 8.00. The fraction of sp³-hybridized carbons (Fsp3) is 0.333. The topological polar surface area (TPSA) is 49.3 Å². The van der Waals surface area contributed by atoms with Crippen LogP contribution in [0.4, 0.5) is 0 Å². The first-order valence-corrected chi connectivity index (χ1v) is 7.97. The minimum Gasteiger partial charge on any atom is -0.356 e. The van der Waals surface area contributed by atoms with Crippen LogP contribution in [0.25, 0.3) is 0 Å². The van der Waals surface area contributed by atoms with E-state index in [0.29, 0.717) is 5.15 Å². The van der Waals surface area contributed by atoms with Crippen LogP contribution in [0.3, 0.4) is 0 Å². The van der Waals surface area contributed by atoms with Crippen molar-refractivity contribution >= 4 is 28.9 Å². The van der Waals surface area contributed by atoms with Crippen molar-refractivity contribution in [3.8, 4) is 0 Å². The van der Waals surface area contributed by atoms with Crippen LogP contribution in [0.5, 0.6) is 0 Å². The molecule has 0 unspecified atom stereocenters. The molecule has 0 bridgehead atoms. The molecule has 0 fully saturated rings. The number of pyridine rings is 1. The molecule has 0 aliphatic carbocycles. The van der Waals surface area contributed by atoms with Gasteiger partial charge >= 0.3 is 0 Å². The smallest absolute Gasteiger partial charge is 0.191 e. The first kappa shape index (κ1) is 15.8. The second-order valence-electron chi connectivity index (χ2n) is 4.60. The van der Waals surface area contributed by atoms with E-state index in [9.17, 15) is 0 Å². The lowest BCUT2D eigenvalue weighted by Gasteiger charge is -2.11. The molecule has 0 amide bonds. The van der Waals surface area contributed by atoms with Crippen LogP contribution in [-0.4, -0.2) is 24.5 Å². The molecular formula is C15H19ClN4S. The molecule has 0 aliphatic rings. The Morgan fingerprint density at radius 2 is 2.14 bits per heavy atom. The molecule has 0 saturated carbocycles. The molecule has 2 aromatic rings. The lowest BCUT2D eigenvalue weighted by Crippen LogP contribution is -2.37. The zero-order valence-corrected chi connectivity index (χ0v) is 13.8. The first-order chi connectivity index (χ1) is 10.2. The van der Waals surface area contributed by atoms with Crippen molar-refractivity contribution in [3.63, 3.8) is 0 Å². The van der Waals surface area contributed by atoms with Crippen LogP contribution in [0.15, 0.2) is 35.5 Å². The van der Waals surface area contributed by atoms with Gasteiger partial charge in [0.25, 0.3) is 0 Å². The van der Waals surface area contributed by atoms with E-state index < -0.39 is 0 Å². The zero-order chi connectivity index (χ0) is 15.1. The molecule has 2 N–H and O–H groups in total. The summed E-state index contributed by atoms with van der Waals surface area (Å²) in [6.07, 6.45) is 2.68. The monoisotopic (exact) mass is 322 g/mol. The highest BCUT2D eigenvalue weighted by Crippen LogP contribution is 2.14. The fourth-order valence-corrected chi connectivity index (χ4v) is 2.79. The van der Waals surface area contributed by atoms with Gasteiger partial charge in [-0.3, -0.25) is 4.99 Å². The van der Waals surface area contributed by atoms with Gasteiger partial charge in [-0.15, -0.1) is 11.3 Å². The molecule has 21 heavy (non-hydrogen) atoms. The van der Waals surface area contributed by atoms with Crippen molar-refractivity contribution in [1.82, 2.24) is 15.6 Å². The summed E-state index contributed by atoms with van der Waals surface area (Å²) < 4.78 is 0. The van der Waals surface area contributed by atoms with Crippen LogP contribution in [0.2, 0.25) is 5.15 Å².